The topological polar surface area (TPSA) is 38.7 Å². The second-order valence-electron chi connectivity index (χ2n) is 4.06. The zero-order valence-electron chi connectivity index (χ0n) is 6.77. The molecule has 12 heavy (non-hydrogen) atoms. The van der Waals surface area contributed by atoms with Gasteiger partial charge >= 0.3 is 0 Å². The van der Waals surface area contributed by atoms with E-state index in [0.717, 1.165) is 6.29 Å². The number of carbonyl (C=O) groups excluding carboxylic acids is 1. The normalized spacial score (nSPS) is 48.5. The van der Waals surface area contributed by atoms with Crippen molar-refractivity contribution < 1.29 is 9.63 Å². The molecule has 0 aromatic carbocycles. The molecule has 0 saturated heterocycles. The molecule has 1 aliphatic heterocycles. The quantitative estimate of drug-likeness (QED) is 0.543. The van der Waals surface area contributed by atoms with E-state index in [1.165, 1.54) is 19.3 Å². The molecule has 0 aromatic heterocycles. The summed E-state index contributed by atoms with van der Waals surface area (Å²) in [4.78, 5) is 15.9. The summed E-state index contributed by atoms with van der Waals surface area (Å²) in [5, 5.41) is 3.83. The van der Waals surface area contributed by atoms with E-state index < -0.39 is 0 Å². The summed E-state index contributed by atoms with van der Waals surface area (Å²) in [7, 11) is 0. The summed E-state index contributed by atoms with van der Waals surface area (Å²) in [5.41, 5.74) is 0.659. The van der Waals surface area contributed by atoms with Crippen LogP contribution < -0.4 is 0 Å². The van der Waals surface area contributed by atoms with Crippen LogP contribution in [0.5, 0.6) is 0 Å². The first kappa shape index (κ1) is 6.63. The van der Waals surface area contributed by atoms with Gasteiger partial charge in [0.25, 0.3) is 0 Å². The monoisotopic (exact) mass is 165 g/mol. The Morgan fingerprint density at radius 3 is 3.08 bits per heavy atom. The maximum Gasteiger partial charge on any atom is 0.168 e. The van der Waals surface area contributed by atoms with Gasteiger partial charge in [-0.2, -0.15) is 0 Å². The summed E-state index contributed by atoms with van der Waals surface area (Å²) in [6, 6.07) is 0. The number of fused-ring (bicyclic) bond motifs is 5. The number of hydrogen-bond acceptors (Lipinski definition) is 3. The van der Waals surface area contributed by atoms with Crippen molar-refractivity contribution in [3.63, 3.8) is 0 Å². The second kappa shape index (κ2) is 2.09. The van der Waals surface area contributed by atoms with Crippen molar-refractivity contribution in [2.45, 2.75) is 25.4 Å². The van der Waals surface area contributed by atoms with Crippen LogP contribution in [0.15, 0.2) is 5.16 Å². The zero-order valence-corrected chi connectivity index (χ0v) is 6.77. The maximum absolute atomic E-state index is 10.6. The van der Waals surface area contributed by atoms with E-state index in [9.17, 15) is 4.79 Å². The molecule has 0 aromatic rings. The average molecular weight is 165 g/mol. The van der Waals surface area contributed by atoms with Crippen LogP contribution >= 0.6 is 0 Å². The van der Waals surface area contributed by atoms with E-state index >= 15 is 0 Å². The lowest BCUT2D eigenvalue weighted by Gasteiger charge is -2.21. The lowest BCUT2D eigenvalue weighted by Crippen LogP contribution is -2.29. The summed E-state index contributed by atoms with van der Waals surface area (Å²) in [6.07, 6.45) is 4.91. The lowest BCUT2D eigenvalue weighted by molar-refractivity contribution is -0.103. The van der Waals surface area contributed by atoms with Gasteiger partial charge in [0, 0.05) is 0 Å². The van der Waals surface area contributed by atoms with Crippen LogP contribution in [0.4, 0.5) is 0 Å². The third kappa shape index (κ3) is 0.625. The van der Waals surface area contributed by atoms with E-state index in [4.69, 9.17) is 4.84 Å². The molecule has 3 rings (SSSR count). The molecule has 3 heteroatoms. The van der Waals surface area contributed by atoms with E-state index in [-0.39, 0.29) is 6.10 Å². The summed E-state index contributed by atoms with van der Waals surface area (Å²) >= 11 is 0. The molecule has 2 aliphatic carbocycles. The Balaban J connectivity index is 1.94. The van der Waals surface area contributed by atoms with E-state index in [0.29, 0.717) is 23.5 Å². The Kier molecular flexibility index (Phi) is 1.15. The van der Waals surface area contributed by atoms with Crippen LogP contribution in [0.1, 0.15) is 19.3 Å². The van der Waals surface area contributed by atoms with Crippen LogP contribution in [0.3, 0.4) is 0 Å². The fourth-order valence-corrected chi connectivity index (χ4v) is 3.08. The molecular weight excluding hydrogens is 154 g/mol. The standard InChI is InChI=1S/C9H11NO2/c11-4-7-8-5-1-2-6(3-5)9(8)12-10-7/h4-6,8-9H,1-3H2/t5-,6+,8-,9-/m1/s1. The number of aldehydes is 1. The number of nitrogens with zero attached hydrogens (tertiary/aromatic N) is 1. The molecule has 2 fully saturated rings. The third-order valence-corrected chi connectivity index (χ3v) is 3.58. The smallest absolute Gasteiger partial charge is 0.168 e. The molecule has 0 N–H and O–H groups in total. The molecule has 1 heterocycles. The molecule has 2 bridgehead atoms. The SMILES string of the molecule is O=CC1=NO[C@@H]2[C@H]3CC[C@H](C3)[C@H]12. The predicted octanol–water partition coefficient (Wildman–Crippen LogP) is 0.986. The van der Waals surface area contributed by atoms with Crippen molar-refractivity contribution in [2.24, 2.45) is 22.9 Å². The Bertz CT molecular complexity index is 261. The molecule has 0 amide bonds. The van der Waals surface area contributed by atoms with Gasteiger partial charge in [0.2, 0.25) is 0 Å². The fourth-order valence-electron chi connectivity index (χ4n) is 3.08. The molecule has 4 atom stereocenters. The number of oxime groups is 1. The molecule has 0 spiro atoms. The van der Waals surface area contributed by atoms with E-state index in [1.807, 2.05) is 0 Å². The fraction of sp³-hybridized carbons (Fsp3) is 0.778. The highest BCUT2D eigenvalue weighted by atomic mass is 16.6. The zero-order chi connectivity index (χ0) is 8.13. The molecule has 0 unspecified atom stereocenters. The van der Waals surface area contributed by atoms with Crippen LogP contribution in [-0.2, 0) is 9.63 Å². The first-order chi connectivity index (χ1) is 5.90. The lowest BCUT2D eigenvalue weighted by atomic mass is 9.84. The minimum Gasteiger partial charge on any atom is -0.391 e. The number of hydrogen-bond donors (Lipinski definition) is 0. The molecule has 64 valence electrons. The Morgan fingerprint density at radius 2 is 2.25 bits per heavy atom. The predicted molar refractivity (Wildman–Crippen MR) is 42.7 cm³/mol. The minimum atomic E-state index is 0.254. The highest BCUT2D eigenvalue weighted by Gasteiger charge is 2.54. The van der Waals surface area contributed by atoms with Crippen LogP contribution in [0, 0.1) is 17.8 Å². The highest BCUT2D eigenvalue weighted by molar-refractivity contribution is 6.29. The van der Waals surface area contributed by atoms with E-state index in [2.05, 4.69) is 5.16 Å². The van der Waals surface area contributed by atoms with Gasteiger partial charge in [-0.3, -0.25) is 4.79 Å². The van der Waals surface area contributed by atoms with Crippen molar-refractivity contribution in [2.75, 3.05) is 0 Å². The van der Waals surface area contributed by atoms with Crippen molar-refractivity contribution in [1.29, 1.82) is 0 Å². The van der Waals surface area contributed by atoms with Crippen molar-refractivity contribution in [3.8, 4) is 0 Å². The molecule has 0 radical (unpaired) electrons. The van der Waals surface area contributed by atoms with Gasteiger partial charge in [0.1, 0.15) is 11.8 Å². The van der Waals surface area contributed by atoms with Crippen LogP contribution in [0.25, 0.3) is 0 Å². The largest absolute Gasteiger partial charge is 0.391 e. The van der Waals surface area contributed by atoms with Gasteiger partial charge in [0.15, 0.2) is 6.29 Å². The van der Waals surface area contributed by atoms with Gasteiger partial charge in [-0.05, 0) is 31.1 Å². The summed E-state index contributed by atoms with van der Waals surface area (Å²) in [6.45, 7) is 0. The van der Waals surface area contributed by atoms with Crippen molar-refractivity contribution >= 4 is 12.0 Å². The third-order valence-electron chi connectivity index (χ3n) is 3.58. The Morgan fingerprint density at radius 1 is 1.42 bits per heavy atom. The van der Waals surface area contributed by atoms with Gasteiger partial charge in [0.05, 0.1) is 5.92 Å². The van der Waals surface area contributed by atoms with Gasteiger partial charge in [-0.1, -0.05) is 5.16 Å². The van der Waals surface area contributed by atoms with Gasteiger partial charge < -0.3 is 4.84 Å². The Hall–Kier alpha value is -0.860. The molecule has 3 aliphatic rings. The molecular formula is C9H11NO2. The second-order valence-corrected chi connectivity index (χ2v) is 4.06. The molecule has 3 nitrogen and oxygen atoms in total. The maximum atomic E-state index is 10.6. The molecule has 2 saturated carbocycles. The Labute approximate surface area is 70.8 Å². The van der Waals surface area contributed by atoms with E-state index in [1.54, 1.807) is 0 Å². The number of rotatable bonds is 1. The highest BCUT2D eigenvalue weighted by Crippen LogP contribution is 2.52. The number of carbonyl (C=O) groups is 1. The van der Waals surface area contributed by atoms with Gasteiger partial charge in [-0.25, -0.2) is 0 Å². The summed E-state index contributed by atoms with van der Waals surface area (Å²) < 4.78 is 0. The average Bonchev–Trinajstić information content (AvgIpc) is 2.76. The van der Waals surface area contributed by atoms with Crippen LogP contribution in [-0.4, -0.2) is 18.1 Å². The van der Waals surface area contributed by atoms with Gasteiger partial charge in [-0.15, -0.1) is 0 Å². The van der Waals surface area contributed by atoms with Crippen molar-refractivity contribution in [3.05, 3.63) is 0 Å². The minimum absolute atomic E-state index is 0.254. The summed E-state index contributed by atoms with van der Waals surface area (Å²) in [5.74, 6) is 1.72. The van der Waals surface area contributed by atoms with Crippen LogP contribution in [0.2, 0.25) is 0 Å². The first-order valence-corrected chi connectivity index (χ1v) is 4.59. The van der Waals surface area contributed by atoms with Crippen molar-refractivity contribution in [1.82, 2.24) is 0 Å². The first-order valence-electron chi connectivity index (χ1n) is 4.59.